The van der Waals surface area contributed by atoms with Crippen molar-refractivity contribution < 1.29 is 9.53 Å². The van der Waals surface area contributed by atoms with Crippen LogP contribution in [0.25, 0.3) is 0 Å². The molecular weight excluding hydrogens is 247 g/mol. The SMILES string of the molecule is COC(=O)C(Cl)(Cl)C12CC=C=C(CCC1)C2. The fourth-order valence-electron chi connectivity index (χ4n) is 2.65. The van der Waals surface area contributed by atoms with Crippen molar-refractivity contribution in [3.8, 4) is 0 Å². The molecule has 0 aromatic rings. The lowest BCUT2D eigenvalue weighted by Crippen LogP contribution is -2.48. The van der Waals surface area contributed by atoms with E-state index < -0.39 is 15.7 Å². The quantitative estimate of drug-likeness (QED) is 0.432. The van der Waals surface area contributed by atoms with Gasteiger partial charge in [0.05, 0.1) is 7.11 Å². The van der Waals surface area contributed by atoms with Crippen molar-refractivity contribution in [1.29, 1.82) is 0 Å². The smallest absolute Gasteiger partial charge is 0.342 e. The second-order valence-electron chi connectivity index (χ2n) is 4.53. The number of methoxy groups -OCH3 is 1. The van der Waals surface area contributed by atoms with Gasteiger partial charge in [0.15, 0.2) is 0 Å². The predicted octanol–water partition coefficient (Wildman–Crippen LogP) is 3.38. The van der Waals surface area contributed by atoms with Crippen molar-refractivity contribution in [2.75, 3.05) is 7.11 Å². The zero-order valence-corrected chi connectivity index (χ0v) is 10.7. The van der Waals surface area contributed by atoms with Crippen LogP contribution in [0.3, 0.4) is 0 Å². The molecule has 0 amide bonds. The molecule has 0 aliphatic heterocycles. The Hall–Kier alpha value is -0.430. The molecule has 4 heteroatoms. The van der Waals surface area contributed by atoms with Crippen LogP contribution >= 0.6 is 23.2 Å². The predicted molar refractivity (Wildman–Crippen MR) is 63.6 cm³/mol. The molecule has 1 fully saturated rings. The molecule has 0 spiro atoms. The Balaban J connectivity index is 2.33. The number of fused-ring (bicyclic) bond motifs is 2. The fraction of sp³-hybridized carbons (Fsp3) is 0.667. The van der Waals surface area contributed by atoms with Crippen LogP contribution in [0.4, 0.5) is 0 Å². The molecule has 1 atom stereocenters. The molecule has 0 N–H and O–H groups in total. The zero-order valence-electron chi connectivity index (χ0n) is 9.19. The summed E-state index contributed by atoms with van der Waals surface area (Å²) in [6, 6.07) is 0. The summed E-state index contributed by atoms with van der Waals surface area (Å²) in [5.41, 5.74) is 4.04. The molecule has 2 bridgehead atoms. The van der Waals surface area contributed by atoms with E-state index >= 15 is 0 Å². The zero-order chi connectivity index (χ0) is 11.8. The van der Waals surface area contributed by atoms with Crippen LogP contribution < -0.4 is 0 Å². The van der Waals surface area contributed by atoms with E-state index in [-0.39, 0.29) is 0 Å². The third-order valence-electron chi connectivity index (χ3n) is 3.59. The summed E-state index contributed by atoms with van der Waals surface area (Å²) < 4.78 is 3.26. The molecular formula is C12H14Cl2O2. The van der Waals surface area contributed by atoms with Crippen LogP contribution in [0.1, 0.15) is 32.1 Å². The van der Waals surface area contributed by atoms with Gasteiger partial charge in [-0.2, -0.15) is 0 Å². The van der Waals surface area contributed by atoms with Crippen LogP contribution in [-0.4, -0.2) is 17.4 Å². The monoisotopic (exact) mass is 260 g/mol. The van der Waals surface area contributed by atoms with Gasteiger partial charge in [-0.3, -0.25) is 0 Å². The van der Waals surface area contributed by atoms with Crippen LogP contribution in [-0.2, 0) is 9.53 Å². The summed E-state index contributed by atoms with van der Waals surface area (Å²) in [4.78, 5) is 11.7. The molecule has 2 rings (SSSR count). The molecule has 0 saturated heterocycles. The van der Waals surface area contributed by atoms with Gasteiger partial charge in [0.25, 0.3) is 0 Å². The number of alkyl halides is 2. The Kier molecular flexibility index (Phi) is 3.09. The van der Waals surface area contributed by atoms with E-state index in [1.54, 1.807) is 0 Å². The van der Waals surface area contributed by atoms with Crippen molar-refractivity contribution in [3.05, 3.63) is 17.4 Å². The number of allylic oxidation sites excluding steroid dienone is 1. The van der Waals surface area contributed by atoms with Crippen LogP contribution in [0.5, 0.6) is 0 Å². The molecule has 88 valence electrons. The topological polar surface area (TPSA) is 26.3 Å². The third-order valence-corrected chi connectivity index (χ3v) is 4.70. The van der Waals surface area contributed by atoms with E-state index in [2.05, 4.69) is 5.73 Å². The minimum absolute atomic E-state index is 0.401. The Morgan fingerprint density at radius 3 is 3.06 bits per heavy atom. The van der Waals surface area contributed by atoms with Gasteiger partial charge in [-0.25, -0.2) is 4.79 Å². The van der Waals surface area contributed by atoms with Crippen LogP contribution in [0.2, 0.25) is 0 Å². The third kappa shape index (κ3) is 1.69. The number of rotatable bonds is 2. The van der Waals surface area contributed by atoms with Gasteiger partial charge in [-0.05, 0) is 43.8 Å². The lowest BCUT2D eigenvalue weighted by Gasteiger charge is -2.45. The van der Waals surface area contributed by atoms with Gasteiger partial charge < -0.3 is 4.74 Å². The average molecular weight is 261 g/mol. The first-order valence-electron chi connectivity index (χ1n) is 5.41. The summed E-state index contributed by atoms with van der Waals surface area (Å²) in [6.07, 6.45) is 6.29. The number of ether oxygens (including phenoxy) is 1. The normalized spacial score (nSPS) is 28.6. The van der Waals surface area contributed by atoms with Gasteiger partial charge in [0.1, 0.15) is 0 Å². The molecule has 0 aromatic carbocycles. The molecule has 2 nitrogen and oxygen atoms in total. The maximum Gasteiger partial charge on any atom is 0.342 e. The Bertz CT molecular complexity index is 380. The first kappa shape index (κ1) is 12.0. The van der Waals surface area contributed by atoms with Crippen molar-refractivity contribution in [1.82, 2.24) is 0 Å². The van der Waals surface area contributed by atoms with Crippen molar-refractivity contribution >= 4 is 29.2 Å². The number of halogens is 2. The molecule has 2 aliphatic rings. The minimum atomic E-state index is -1.45. The highest BCUT2D eigenvalue weighted by molar-refractivity contribution is 6.58. The molecule has 2 aliphatic carbocycles. The Morgan fingerprint density at radius 2 is 2.38 bits per heavy atom. The highest BCUT2D eigenvalue weighted by Crippen LogP contribution is 2.56. The number of hydrogen-bond acceptors (Lipinski definition) is 2. The minimum Gasteiger partial charge on any atom is -0.467 e. The lowest BCUT2D eigenvalue weighted by molar-refractivity contribution is -0.145. The number of esters is 1. The fourth-order valence-corrected chi connectivity index (χ4v) is 3.29. The Morgan fingerprint density at radius 1 is 1.62 bits per heavy atom. The first-order chi connectivity index (χ1) is 7.52. The molecule has 0 aromatic heterocycles. The number of carbonyl (C=O) groups is 1. The number of hydrogen-bond donors (Lipinski definition) is 0. The first-order valence-corrected chi connectivity index (χ1v) is 6.17. The average Bonchev–Trinajstić information content (AvgIpc) is 2.28. The van der Waals surface area contributed by atoms with Crippen LogP contribution in [0.15, 0.2) is 17.4 Å². The summed E-state index contributed by atoms with van der Waals surface area (Å²) in [7, 11) is 1.32. The summed E-state index contributed by atoms with van der Waals surface area (Å²) >= 11 is 12.5. The van der Waals surface area contributed by atoms with E-state index in [1.165, 1.54) is 12.7 Å². The van der Waals surface area contributed by atoms with Gasteiger partial charge in [-0.1, -0.05) is 23.2 Å². The van der Waals surface area contributed by atoms with Crippen molar-refractivity contribution in [2.45, 2.75) is 36.4 Å². The van der Waals surface area contributed by atoms with E-state index in [4.69, 9.17) is 27.9 Å². The van der Waals surface area contributed by atoms with E-state index in [9.17, 15) is 4.79 Å². The molecule has 1 unspecified atom stereocenters. The molecule has 0 heterocycles. The van der Waals surface area contributed by atoms with Crippen molar-refractivity contribution in [3.63, 3.8) is 0 Å². The van der Waals surface area contributed by atoms with Crippen molar-refractivity contribution in [2.24, 2.45) is 5.41 Å². The molecule has 1 saturated carbocycles. The summed E-state index contributed by atoms with van der Waals surface area (Å²) in [6.45, 7) is 0. The van der Waals surface area contributed by atoms with E-state index in [0.29, 0.717) is 6.42 Å². The highest BCUT2D eigenvalue weighted by atomic mass is 35.5. The second kappa shape index (κ2) is 4.10. The number of carbonyl (C=O) groups excluding carboxylic acids is 1. The maximum absolute atomic E-state index is 11.7. The molecule has 0 radical (unpaired) electrons. The summed E-state index contributed by atoms with van der Waals surface area (Å²) in [5, 5.41) is 0. The van der Waals surface area contributed by atoms with Gasteiger partial charge >= 0.3 is 5.97 Å². The Labute approximate surface area is 105 Å². The largest absolute Gasteiger partial charge is 0.467 e. The van der Waals surface area contributed by atoms with Gasteiger partial charge in [-0.15, -0.1) is 5.73 Å². The standard InChI is InChI=1S/C12H14Cl2O2/c1-16-10(15)12(13,14)11-6-2-4-9(8-11)5-3-7-11/h2H,3,5-8H2,1H3. The highest BCUT2D eigenvalue weighted by Gasteiger charge is 2.56. The second-order valence-corrected chi connectivity index (χ2v) is 5.86. The lowest BCUT2D eigenvalue weighted by atomic mass is 9.65. The van der Waals surface area contributed by atoms with E-state index in [0.717, 1.165) is 25.7 Å². The van der Waals surface area contributed by atoms with Gasteiger partial charge in [0, 0.05) is 5.41 Å². The maximum atomic E-state index is 11.7. The summed E-state index contributed by atoms with van der Waals surface area (Å²) in [5.74, 6) is -0.549. The molecule has 16 heavy (non-hydrogen) atoms. The van der Waals surface area contributed by atoms with Gasteiger partial charge in [0.2, 0.25) is 4.33 Å². The van der Waals surface area contributed by atoms with E-state index in [1.807, 2.05) is 6.08 Å². The van der Waals surface area contributed by atoms with Crippen LogP contribution in [0, 0.1) is 5.41 Å².